The first-order chi connectivity index (χ1) is 9.67. The van der Waals surface area contributed by atoms with Gasteiger partial charge in [-0.1, -0.05) is 34.1 Å². The summed E-state index contributed by atoms with van der Waals surface area (Å²) in [5, 5.41) is 14.8. The molecular weight excluding hydrogens is 268 g/mol. The van der Waals surface area contributed by atoms with Crippen molar-refractivity contribution < 1.29 is 14.7 Å². The van der Waals surface area contributed by atoms with E-state index in [1.165, 1.54) is 12.8 Å². The number of carboxylic acids is 1. The maximum absolute atomic E-state index is 11.8. The van der Waals surface area contributed by atoms with Crippen LogP contribution >= 0.6 is 0 Å². The fourth-order valence-electron chi connectivity index (χ4n) is 2.75. The minimum Gasteiger partial charge on any atom is -0.481 e. The lowest BCUT2D eigenvalue weighted by atomic mass is 9.84. The smallest absolute Gasteiger partial charge is 0.314 e. The van der Waals surface area contributed by atoms with Crippen LogP contribution in [0.15, 0.2) is 0 Å². The Labute approximate surface area is 127 Å². The second-order valence-corrected chi connectivity index (χ2v) is 7.61. The molecule has 1 aliphatic carbocycles. The van der Waals surface area contributed by atoms with Crippen LogP contribution in [0.2, 0.25) is 0 Å². The largest absolute Gasteiger partial charge is 0.481 e. The van der Waals surface area contributed by atoms with Crippen molar-refractivity contribution in [2.75, 3.05) is 13.1 Å². The van der Waals surface area contributed by atoms with Crippen molar-refractivity contribution in [1.29, 1.82) is 0 Å². The Kier molecular flexibility index (Phi) is 6.05. The summed E-state index contributed by atoms with van der Waals surface area (Å²) in [6, 6.07) is -0.252. The van der Waals surface area contributed by atoms with Crippen LogP contribution in [0.25, 0.3) is 0 Å². The molecule has 5 heteroatoms. The lowest BCUT2D eigenvalue weighted by Gasteiger charge is -2.23. The molecule has 1 unspecified atom stereocenters. The zero-order valence-corrected chi connectivity index (χ0v) is 13.8. The van der Waals surface area contributed by atoms with Crippen LogP contribution in [0.4, 0.5) is 4.79 Å². The summed E-state index contributed by atoms with van der Waals surface area (Å²) in [4.78, 5) is 23.0. The van der Waals surface area contributed by atoms with Crippen molar-refractivity contribution in [2.45, 2.75) is 59.8 Å². The van der Waals surface area contributed by atoms with Crippen molar-refractivity contribution >= 4 is 12.0 Å². The van der Waals surface area contributed by atoms with E-state index in [0.29, 0.717) is 18.4 Å². The van der Waals surface area contributed by atoms with Gasteiger partial charge < -0.3 is 15.7 Å². The zero-order chi connectivity index (χ0) is 16.1. The molecule has 21 heavy (non-hydrogen) atoms. The number of nitrogens with one attached hydrogen (secondary N) is 2. The summed E-state index contributed by atoms with van der Waals surface area (Å²) < 4.78 is 0. The Morgan fingerprint density at radius 3 is 2.29 bits per heavy atom. The van der Waals surface area contributed by atoms with Gasteiger partial charge in [-0.15, -0.1) is 0 Å². The number of aliphatic carboxylic acids is 1. The summed E-state index contributed by atoms with van der Waals surface area (Å²) in [5.74, 6) is -1.39. The Bertz CT molecular complexity index is 370. The molecule has 0 aromatic rings. The van der Waals surface area contributed by atoms with Gasteiger partial charge in [0.05, 0.1) is 5.92 Å². The fourth-order valence-corrected chi connectivity index (χ4v) is 2.75. The van der Waals surface area contributed by atoms with Crippen LogP contribution in [0.1, 0.15) is 59.8 Å². The molecule has 0 bridgehead atoms. The number of urea groups is 1. The van der Waals surface area contributed by atoms with E-state index in [1.54, 1.807) is 0 Å². The van der Waals surface area contributed by atoms with Crippen LogP contribution in [0.5, 0.6) is 0 Å². The van der Waals surface area contributed by atoms with Crippen molar-refractivity contribution in [3.63, 3.8) is 0 Å². The van der Waals surface area contributed by atoms with E-state index < -0.39 is 11.9 Å². The molecule has 1 atom stereocenters. The van der Waals surface area contributed by atoms with Crippen LogP contribution < -0.4 is 10.6 Å². The Hall–Kier alpha value is -1.26. The molecule has 0 radical (unpaired) electrons. The summed E-state index contributed by atoms with van der Waals surface area (Å²) in [5.41, 5.74) is 0.240. The molecule has 5 nitrogen and oxygen atoms in total. The fraction of sp³-hybridized carbons (Fsp3) is 0.875. The summed E-state index contributed by atoms with van der Waals surface area (Å²) >= 11 is 0. The van der Waals surface area contributed by atoms with E-state index in [1.807, 2.05) is 20.8 Å². The average Bonchev–Trinajstić information content (AvgIpc) is 3.11. The maximum Gasteiger partial charge on any atom is 0.314 e. The standard InChI is InChI=1S/C16H30N2O3/c1-5-6-16(7-8-16)11-18-14(21)17-10-12(13(19)20)9-15(2,3)4/h12H,5-11H2,1-4H3,(H,19,20)(H2,17,18,21). The molecule has 3 N–H and O–H groups in total. The quantitative estimate of drug-likeness (QED) is 0.644. The highest BCUT2D eigenvalue weighted by Crippen LogP contribution is 2.48. The molecule has 2 amide bonds. The van der Waals surface area contributed by atoms with Gasteiger partial charge in [0.2, 0.25) is 0 Å². The van der Waals surface area contributed by atoms with Gasteiger partial charge in [0.15, 0.2) is 0 Å². The van der Waals surface area contributed by atoms with E-state index in [2.05, 4.69) is 17.6 Å². The maximum atomic E-state index is 11.8. The normalized spacial score (nSPS) is 17.9. The van der Waals surface area contributed by atoms with E-state index >= 15 is 0 Å². The number of carbonyl (C=O) groups excluding carboxylic acids is 1. The first-order valence-electron chi connectivity index (χ1n) is 7.92. The monoisotopic (exact) mass is 298 g/mol. The number of amides is 2. The highest BCUT2D eigenvalue weighted by molar-refractivity contribution is 5.75. The molecule has 1 rings (SSSR count). The molecule has 1 fully saturated rings. The molecule has 122 valence electrons. The minimum absolute atomic E-state index is 0.0690. The summed E-state index contributed by atoms with van der Waals surface area (Å²) in [6.45, 7) is 9.05. The Morgan fingerprint density at radius 2 is 1.86 bits per heavy atom. The number of carbonyl (C=O) groups is 2. The van der Waals surface area contributed by atoms with Crippen molar-refractivity contribution in [2.24, 2.45) is 16.7 Å². The van der Waals surface area contributed by atoms with Gasteiger partial charge in [-0.05, 0) is 36.5 Å². The molecule has 1 saturated carbocycles. The van der Waals surface area contributed by atoms with Crippen LogP contribution in [-0.4, -0.2) is 30.2 Å². The van der Waals surface area contributed by atoms with Crippen molar-refractivity contribution in [3.05, 3.63) is 0 Å². The highest BCUT2D eigenvalue weighted by atomic mass is 16.4. The van der Waals surface area contributed by atoms with Gasteiger partial charge in [0.25, 0.3) is 0 Å². The van der Waals surface area contributed by atoms with E-state index in [-0.39, 0.29) is 18.0 Å². The molecule has 0 heterocycles. The Balaban J connectivity index is 2.31. The van der Waals surface area contributed by atoms with Gasteiger partial charge in [0.1, 0.15) is 0 Å². The van der Waals surface area contributed by atoms with Crippen LogP contribution in [-0.2, 0) is 4.79 Å². The third kappa shape index (κ3) is 6.82. The van der Waals surface area contributed by atoms with E-state index in [0.717, 1.165) is 12.8 Å². The second-order valence-electron chi connectivity index (χ2n) is 7.61. The third-order valence-electron chi connectivity index (χ3n) is 4.08. The minimum atomic E-state index is -0.852. The first-order valence-corrected chi connectivity index (χ1v) is 7.92. The van der Waals surface area contributed by atoms with Crippen LogP contribution in [0.3, 0.4) is 0 Å². The molecule has 0 aromatic heterocycles. The molecule has 0 aliphatic heterocycles. The predicted octanol–water partition coefficient (Wildman–Crippen LogP) is 3.00. The number of hydrogen-bond acceptors (Lipinski definition) is 2. The van der Waals surface area contributed by atoms with E-state index in [9.17, 15) is 14.7 Å². The highest BCUT2D eigenvalue weighted by Gasteiger charge is 2.41. The second kappa shape index (κ2) is 7.14. The van der Waals surface area contributed by atoms with Crippen molar-refractivity contribution in [1.82, 2.24) is 10.6 Å². The van der Waals surface area contributed by atoms with Crippen LogP contribution in [0, 0.1) is 16.7 Å². The summed E-state index contributed by atoms with van der Waals surface area (Å²) in [6.07, 6.45) is 5.19. The van der Waals surface area contributed by atoms with Crippen molar-refractivity contribution in [3.8, 4) is 0 Å². The lowest BCUT2D eigenvalue weighted by Crippen LogP contribution is -2.42. The first kappa shape index (κ1) is 17.8. The molecule has 0 aromatic carbocycles. The predicted molar refractivity (Wildman–Crippen MR) is 83.2 cm³/mol. The van der Waals surface area contributed by atoms with Gasteiger partial charge >= 0.3 is 12.0 Å². The number of hydrogen-bond donors (Lipinski definition) is 3. The van der Waals surface area contributed by atoms with Gasteiger partial charge in [-0.25, -0.2) is 4.79 Å². The lowest BCUT2D eigenvalue weighted by molar-refractivity contribution is -0.142. The molecular formula is C16H30N2O3. The third-order valence-corrected chi connectivity index (χ3v) is 4.08. The topological polar surface area (TPSA) is 78.4 Å². The van der Waals surface area contributed by atoms with Gasteiger partial charge in [-0.2, -0.15) is 0 Å². The average molecular weight is 298 g/mol. The zero-order valence-electron chi connectivity index (χ0n) is 13.8. The molecule has 1 aliphatic rings. The summed E-state index contributed by atoms with van der Waals surface area (Å²) in [7, 11) is 0. The number of rotatable bonds is 8. The molecule has 0 saturated heterocycles. The molecule has 0 spiro atoms. The SMILES string of the molecule is CCCC1(CNC(=O)NCC(CC(C)(C)C)C(=O)O)CC1. The Morgan fingerprint density at radius 1 is 1.24 bits per heavy atom. The van der Waals surface area contributed by atoms with Gasteiger partial charge in [-0.3, -0.25) is 4.79 Å². The number of carboxylic acid groups (broad SMARTS) is 1. The van der Waals surface area contributed by atoms with Gasteiger partial charge in [0, 0.05) is 13.1 Å². The van der Waals surface area contributed by atoms with E-state index in [4.69, 9.17) is 0 Å².